The van der Waals surface area contributed by atoms with Gasteiger partial charge in [-0.2, -0.15) is 0 Å². The Hall–Kier alpha value is -0.850. The molecule has 0 bridgehead atoms. The Morgan fingerprint density at radius 1 is 1.32 bits per heavy atom. The first-order valence-corrected chi connectivity index (χ1v) is 9.06. The smallest absolute Gasteiger partial charge is 0.138 e. The van der Waals surface area contributed by atoms with Crippen LogP contribution in [0.5, 0.6) is 5.75 Å². The molecular weight excluding hydrogens is 410 g/mol. The first kappa shape index (κ1) is 17.5. The second kappa shape index (κ2) is 9.33. The van der Waals surface area contributed by atoms with Crippen molar-refractivity contribution in [2.24, 2.45) is 0 Å². The van der Waals surface area contributed by atoms with Crippen molar-refractivity contribution in [3.05, 3.63) is 45.4 Å². The molecule has 0 atom stereocenters. The lowest BCUT2D eigenvalue weighted by Gasteiger charge is -2.14. The van der Waals surface area contributed by atoms with Gasteiger partial charge in [-0.25, -0.2) is 4.98 Å². The second-order valence-electron chi connectivity index (χ2n) is 5.06. The summed E-state index contributed by atoms with van der Waals surface area (Å²) in [6, 6.07) is 4.13. The Labute approximate surface area is 148 Å². The third-order valence-corrected chi connectivity index (χ3v) is 4.23. The van der Waals surface area contributed by atoms with Crippen LogP contribution in [0.25, 0.3) is 0 Å². The average Bonchev–Trinajstić information content (AvgIpc) is 2.99. The summed E-state index contributed by atoms with van der Waals surface area (Å²) in [5.74, 6) is 0.937. The summed E-state index contributed by atoms with van der Waals surface area (Å²) in [6.45, 7) is 5.57. The van der Waals surface area contributed by atoms with Gasteiger partial charge in [0, 0.05) is 35.5 Å². The van der Waals surface area contributed by atoms with Gasteiger partial charge in [0.25, 0.3) is 0 Å². The Morgan fingerprint density at radius 2 is 2.18 bits per heavy atom. The van der Waals surface area contributed by atoms with Gasteiger partial charge < -0.3 is 14.6 Å². The quantitative estimate of drug-likeness (QED) is 0.600. The van der Waals surface area contributed by atoms with Gasteiger partial charge in [0.1, 0.15) is 5.75 Å². The van der Waals surface area contributed by atoms with E-state index in [2.05, 4.69) is 59.7 Å². The third kappa shape index (κ3) is 5.41. The molecule has 6 heteroatoms. The summed E-state index contributed by atoms with van der Waals surface area (Å²) >= 11 is 7.12. The number of ether oxygens (including phenoxy) is 1. The molecular formula is C16H21Br2N3O. The van der Waals surface area contributed by atoms with Crippen molar-refractivity contribution in [2.45, 2.75) is 32.9 Å². The van der Waals surface area contributed by atoms with Gasteiger partial charge in [-0.1, -0.05) is 22.9 Å². The van der Waals surface area contributed by atoms with E-state index in [-0.39, 0.29) is 0 Å². The lowest BCUT2D eigenvalue weighted by molar-refractivity contribution is 0.311. The maximum Gasteiger partial charge on any atom is 0.138 e. The van der Waals surface area contributed by atoms with Gasteiger partial charge in [0.2, 0.25) is 0 Å². The van der Waals surface area contributed by atoms with Gasteiger partial charge >= 0.3 is 0 Å². The molecule has 0 unspecified atom stereocenters. The molecule has 0 aliphatic carbocycles. The molecule has 4 nitrogen and oxygen atoms in total. The maximum atomic E-state index is 5.87. The van der Waals surface area contributed by atoms with Gasteiger partial charge in [-0.05, 0) is 47.4 Å². The van der Waals surface area contributed by atoms with Crippen LogP contribution in [0, 0.1) is 0 Å². The molecule has 0 spiro atoms. The van der Waals surface area contributed by atoms with Crippen LogP contribution in [0.15, 0.2) is 39.8 Å². The van der Waals surface area contributed by atoms with E-state index in [4.69, 9.17) is 4.74 Å². The highest BCUT2D eigenvalue weighted by Crippen LogP contribution is 2.33. The van der Waals surface area contributed by atoms with E-state index < -0.39 is 0 Å². The Bertz CT molecular complexity index is 573. The second-order valence-corrected chi connectivity index (χ2v) is 6.83. The van der Waals surface area contributed by atoms with E-state index in [1.165, 1.54) is 0 Å². The van der Waals surface area contributed by atoms with E-state index in [0.29, 0.717) is 0 Å². The molecule has 0 aliphatic rings. The van der Waals surface area contributed by atoms with Crippen molar-refractivity contribution < 1.29 is 4.74 Å². The fourth-order valence-electron chi connectivity index (χ4n) is 2.14. The molecule has 0 saturated carbocycles. The monoisotopic (exact) mass is 429 g/mol. The Morgan fingerprint density at radius 3 is 2.91 bits per heavy atom. The van der Waals surface area contributed by atoms with Crippen LogP contribution in [-0.4, -0.2) is 22.7 Å². The summed E-state index contributed by atoms with van der Waals surface area (Å²) in [7, 11) is 0. The Balaban J connectivity index is 1.85. The lowest BCUT2D eigenvalue weighted by Crippen LogP contribution is -2.17. The molecule has 0 aliphatic heterocycles. The van der Waals surface area contributed by atoms with Crippen LogP contribution in [-0.2, 0) is 13.1 Å². The van der Waals surface area contributed by atoms with Gasteiger partial charge in [0.15, 0.2) is 0 Å². The minimum Gasteiger partial charge on any atom is -0.492 e. The van der Waals surface area contributed by atoms with Crippen LogP contribution in [0.3, 0.4) is 0 Å². The molecule has 2 rings (SSSR count). The fraction of sp³-hybridized carbons (Fsp3) is 0.438. The number of imidazole rings is 1. The number of benzene rings is 1. The van der Waals surface area contributed by atoms with Crippen LogP contribution < -0.4 is 10.1 Å². The average molecular weight is 431 g/mol. The summed E-state index contributed by atoms with van der Waals surface area (Å²) in [4.78, 5) is 4.04. The summed E-state index contributed by atoms with van der Waals surface area (Å²) in [5, 5.41) is 3.48. The molecule has 0 amide bonds. The number of nitrogens with one attached hydrogen (secondary N) is 1. The summed E-state index contributed by atoms with van der Waals surface area (Å²) < 4.78 is 10.0. The van der Waals surface area contributed by atoms with E-state index in [1.807, 2.05) is 24.8 Å². The number of rotatable bonds is 9. The zero-order valence-electron chi connectivity index (χ0n) is 12.7. The highest BCUT2D eigenvalue weighted by molar-refractivity contribution is 9.11. The minimum absolute atomic E-state index is 0.730. The molecule has 1 aromatic carbocycles. The van der Waals surface area contributed by atoms with Gasteiger partial charge in [-0.3, -0.25) is 0 Å². The molecule has 22 heavy (non-hydrogen) atoms. The fourth-order valence-corrected chi connectivity index (χ4v) is 3.57. The number of halogens is 2. The van der Waals surface area contributed by atoms with Crippen LogP contribution in [0.1, 0.15) is 25.3 Å². The highest BCUT2D eigenvalue weighted by atomic mass is 79.9. The number of hydrogen-bond acceptors (Lipinski definition) is 3. The van der Waals surface area contributed by atoms with E-state index >= 15 is 0 Å². The SMILES string of the molecule is CCCOc1c(Br)cc(Br)cc1CNCCCn1ccnc1. The van der Waals surface area contributed by atoms with Crippen molar-refractivity contribution in [3.8, 4) is 5.75 Å². The zero-order chi connectivity index (χ0) is 15.8. The van der Waals surface area contributed by atoms with Crippen LogP contribution >= 0.6 is 31.9 Å². The van der Waals surface area contributed by atoms with E-state index in [0.717, 1.165) is 59.3 Å². The normalized spacial score (nSPS) is 10.9. The molecule has 0 saturated heterocycles. The molecule has 1 aromatic heterocycles. The van der Waals surface area contributed by atoms with Gasteiger partial charge in [-0.15, -0.1) is 0 Å². The number of hydrogen-bond donors (Lipinski definition) is 1. The standard InChI is InChI=1S/C16H21Br2N3O/c1-2-8-22-16-13(9-14(17)10-15(16)18)11-19-4-3-6-21-7-5-20-12-21/h5,7,9-10,12,19H,2-4,6,8,11H2,1H3. The first-order valence-electron chi connectivity index (χ1n) is 7.48. The van der Waals surface area contributed by atoms with Crippen molar-refractivity contribution in [1.29, 1.82) is 0 Å². The van der Waals surface area contributed by atoms with Crippen LogP contribution in [0.4, 0.5) is 0 Å². The van der Waals surface area contributed by atoms with Crippen LogP contribution in [0.2, 0.25) is 0 Å². The summed E-state index contributed by atoms with van der Waals surface area (Å²) in [5.41, 5.74) is 1.16. The van der Waals surface area contributed by atoms with Gasteiger partial charge in [0.05, 0.1) is 17.4 Å². The highest BCUT2D eigenvalue weighted by Gasteiger charge is 2.10. The lowest BCUT2D eigenvalue weighted by atomic mass is 10.2. The molecule has 0 radical (unpaired) electrons. The molecule has 1 N–H and O–H groups in total. The predicted molar refractivity (Wildman–Crippen MR) is 96.2 cm³/mol. The molecule has 0 fully saturated rings. The largest absolute Gasteiger partial charge is 0.492 e. The topological polar surface area (TPSA) is 39.1 Å². The number of aromatic nitrogens is 2. The minimum atomic E-state index is 0.730. The Kier molecular flexibility index (Phi) is 7.42. The summed E-state index contributed by atoms with van der Waals surface area (Å²) in [6.07, 6.45) is 7.71. The zero-order valence-corrected chi connectivity index (χ0v) is 15.9. The number of aryl methyl sites for hydroxylation is 1. The molecule has 1 heterocycles. The maximum absolute atomic E-state index is 5.87. The third-order valence-electron chi connectivity index (χ3n) is 3.18. The van der Waals surface area contributed by atoms with Crippen molar-refractivity contribution in [3.63, 3.8) is 0 Å². The molecule has 120 valence electrons. The van der Waals surface area contributed by atoms with Crippen molar-refractivity contribution in [1.82, 2.24) is 14.9 Å². The number of nitrogens with zero attached hydrogens (tertiary/aromatic N) is 2. The predicted octanol–water partition coefficient (Wildman–Crippen LogP) is 4.38. The van der Waals surface area contributed by atoms with Crippen molar-refractivity contribution >= 4 is 31.9 Å². The van der Waals surface area contributed by atoms with Crippen molar-refractivity contribution in [2.75, 3.05) is 13.2 Å². The molecule has 2 aromatic rings. The van der Waals surface area contributed by atoms with E-state index in [9.17, 15) is 0 Å². The van der Waals surface area contributed by atoms with E-state index in [1.54, 1.807) is 0 Å². The first-order chi connectivity index (χ1) is 10.7.